The van der Waals surface area contributed by atoms with Crippen LogP contribution in [0.15, 0.2) is 24.3 Å². The Hall–Kier alpha value is -1.92. The summed E-state index contributed by atoms with van der Waals surface area (Å²) in [4.78, 5) is 12.4. The molecule has 3 heterocycles. The Morgan fingerprint density at radius 3 is 2.89 bits per heavy atom. The van der Waals surface area contributed by atoms with Crippen molar-refractivity contribution in [1.29, 1.82) is 0 Å². The fourth-order valence-electron chi connectivity index (χ4n) is 4.16. The van der Waals surface area contributed by atoms with E-state index in [0.717, 1.165) is 55.4 Å². The third-order valence-electron chi connectivity index (χ3n) is 5.75. The fraction of sp³-hybridized carbons (Fsp3) is 0.571. The summed E-state index contributed by atoms with van der Waals surface area (Å²) in [6.07, 6.45) is 8.54. The van der Waals surface area contributed by atoms with E-state index in [1.807, 2.05) is 24.3 Å². The monoisotopic (exact) mass is 403 g/mol. The van der Waals surface area contributed by atoms with E-state index < -0.39 is 0 Å². The molecule has 1 amide bonds. The SMILES string of the molecule is Cl.O=C(CCC1CCNCC1)Nc1cccc(-c2nnc3n2CCCCC3)c1. The van der Waals surface area contributed by atoms with Crippen molar-refractivity contribution < 1.29 is 4.79 Å². The molecule has 0 radical (unpaired) electrons. The Morgan fingerprint density at radius 1 is 1.18 bits per heavy atom. The maximum atomic E-state index is 12.4. The first-order valence-corrected chi connectivity index (χ1v) is 10.3. The lowest BCUT2D eigenvalue weighted by Crippen LogP contribution is -2.28. The number of aromatic nitrogens is 3. The second-order valence-electron chi connectivity index (χ2n) is 7.76. The Bertz CT molecular complexity index is 785. The molecule has 0 bridgehead atoms. The Balaban J connectivity index is 0.00000225. The van der Waals surface area contributed by atoms with Crippen molar-refractivity contribution in [2.24, 2.45) is 5.92 Å². The largest absolute Gasteiger partial charge is 0.326 e. The molecule has 0 spiro atoms. The highest BCUT2D eigenvalue weighted by atomic mass is 35.5. The van der Waals surface area contributed by atoms with Crippen LogP contribution >= 0.6 is 12.4 Å². The molecule has 28 heavy (non-hydrogen) atoms. The summed E-state index contributed by atoms with van der Waals surface area (Å²) >= 11 is 0. The number of hydrogen-bond donors (Lipinski definition) is 2. The number of benzene rings is 1. The van der Waals surface area contributed by atoms with Gasteiger partial charge in [0.05, 0.1) is 0 Å². The van der Waals surface area contributed by atoms with Gasteiger partial charge in [-0.25, -0.2) is 0 Å². The van der Waals surface area contributed by atoms with Crippen LogP contribution in [0, 0.1) is 5.92 Å². The molecule has 1 aromatic carbocycles. The summed E-state index contributed by atoms with van der Waals surface area (Å²) in [5, 5.41) is 15.2. The van der Waals surface area contributed by atoms with Gasteiger partial charge in [-0.05, 0) is 63.2 Å². The van der Waals surface area contributed by atoms with Crippen LogP contribution in [-0.2, 0) is 17.8 Å². The zero-order valence-corrected chi connectivity index (χ0v) is 17.1. The van der Waals surface area contributed by atoms with Crippen LogP contribution in [-0.4, -0.2) is 33.8 Å². The minimum atomic E-state index is 0. The average Bonchev–Trinajstić information content (AvgIpc) is 2.96. The van der Waals surface area contributed by atoms with Crippen LogP contribution < -0.4 is 10.6 Å². The van der Waals surface area contributed by atoms with E-state index in [1.165, 1.54) is 32.1 Å². The standard InChI is InChI=1S/C21H29N5O.ClH/c27-20(9-8-16-10-12-22-13-11-16)23-18-6-4-5-17(15-18)21-25-24-19-7-2-1-3-14-26(19)21;/h4-6,15-16,22H,1-3,7-14H2,(H,23,27);1H. The number of piperidine rings is 1. The van der Waals surface area contributed by atoms with E-state index in [-0.39, 0.29) is 18.3 Å². The van der Waals surface area contributed by atoms with Crippen LogP contribution in [0.1, 0.15) is 50.8 Å². The summed E-state index contributed by atoms with van der Waals surface area (Å²) in [6.45, 7) is 3.14. The van der Waals surface area contributed by atoms with Crippen molar-refractivity contribution in [1.82, 2.24) is 20.1 Å². The zero-order valence-electron chi connectivity index (χ0n) is 16.3. The van der Waals surface area contributed by atoms with E-state index in [1.54, 1.807) is 0 Å². The average molecular weight is 404 g/mol. The minimum Gasteiger partial charge on any atom is -0.326 e. The van der Waals surface area contributed by atoms with Gasteiger partial charge in [0.25, 0.3) is 0 Å². The lowest BCUT2D eigenvalue weighted by molar-refractivity contribution is -0.116. The van der Waals surface area contributed by atoms with E-state index >= 15 is 0 Å². The Labute approximate surface area is 172 Å². The number of aryl methyl sites for hydroxylation is 1. The normalized spacial score (nSPS) is 17.3. The van der Waals surface area contributed by atoms with Gasteiger partial charge in [0, 0.05) is 30.6 Å². The van der Waals surface area contributed by atoms with Crippen LogP contribution in [0.3, 0.4) is 0 Å². The lowest BCUT2D eigenvalue weighted by atomic mass is 9.93. The van der Waals surface area contributed by atoms with Crippen molar-refractivity contribution in [2.75, 3.05) is 18.4 Å². The van der Waals surface area contributed by atoms with Gasteiger partial charge >= 0.3 is 0 Å². The molecular formula is C21H30ClN5O. The van der Waals surface area contributed by atoms with Gasteiger partial charge in [0.1, 0.15) is 5.82 Å². The van der Waals surface area contributed by atoms with Gasteiger partial charge in [-0.15, -0.1) is 22.6 Å². The smallest absolute Gasteiger partial charge is 0.224 e. The number of nitrogens with one attached hydrogen (secondary N) is 2. The van der Waals surface area contributed by atoms with E-state index in [4.69, 9.17) is 0 Å². The van der Waals surface area contributed by atoms with E-state index in [2.05, 4.69) is 25.4 Å². The molecule has 2 N–H and O–H groups in total. The molecule has 2 aliphatic rings. The number of hydrogen-bond acceptors (Lipinski definition) is 4. The van der Waals surface area contributed by atoms with Crippen molar-refractivity contribution >= 4 is 24.0 Å². The number of halogens is 1. The number of amides is 1. The second kappa shape index (κ2) is 10.0. The van der Waals surface area contributed by atoms with Crippen LogP contribution in [0.5, 0.6) is 0 Å². The molecule has 1 saturated heterocycles. The lowest BCUT2D eigenvalue weighted by Gasteiger charge is -2.22. The van der Waals surface area contributed by atoms with Gasteiger partial charge in [-0.3, -0.25) is 4.79 Å². The number of carbonyl (C=O) groups excluding carboxylic acids is 1. The molecule has 0 saturated carbocycles. The van der Waals surface area contributed by atoms with Crippen LogP contribution in [0.2, 0.25) is 0 Å². The molecule has 2 aromatic rings. The third-order valence-corrected chi connectivity index (χ3v) is 5.75. The van der Waals surface area contributed by atoms with Gasteiger partial charge in [-0.1, -0.05) is 18.6 Å². The summed E-state index contributed by atoms with van der Waals surface area (Å²) < 4.78 is 2.24. The number of nitrogens with zero attached hydrogens (tertiary/aromatic N) is 3. The van der Waals surface area contributed by atoms with Gasteiger partial charge in [0.2, 0.25) is 5.91 Å². The summed E-state index contributed by atoms with van der Waals surface area (Å²) in [7, 11) is 0. The maximum Gasteiger partial charge on any atom is 0.224 e. The van der Waals surface area contributed by atoms with Gasteiger partial charge in [0.15, 0.2) is 5.82 Å². The van der Waals surface area contributed by atoms with Gasteiger partial charge < -0.3 is 15.2 Å². The Kier molecular flexibility index (Phi) is 7.45. The molecule has 4 rings (SSSR count). The molecule has 0 atom stereocenters. The molecule has 0 aliphatic carbocycles. The zero-order chi connectivity index (χ0) is 18.5. The molecule has 7 heteroatoms. The van der Waals surface area contributed by atoms with Crippen molar-refractivity contribution in [3.8, 4) is 11.4 Å². The van der Waals surface area contributed by atoms with Crippen molar-refractivity contribution in [3.63, 3.8) is 0 Å². The molecule has 1 fully saturated rings. The van der Waals surface area contributed by atoms with Crippen molar-refractivity contribution in [2.45, 2.75) is 57.9 Å². The molecule has 2 aliphatic heterocycles. The van der Waals surface area contributed by atoms with E-state index in [9.17, 15) is 4.79 Å². The first kappa shape index (κ1) is 20.8. The van der Waals surface area contributed by atoms with E-state index in [0.29, 0.717) is 12.3 Å². The van der Waals surface area contributed by atoms with Crippen molar-refractivity contribution in [3.05, 3.63) is 30.1 Å². The predicted octanol–water partition coefficient (Wildman–Crippen LogP) is 3.81. The number of carbonyl (C=O) groups is 1. The number of anilines is 1. The molecule has 6 nitrogen and oxygen atoms in total. The van der Waals surface area contributed by atoms with Crippen LogP contribution in [0.4, 0.5) is 5.69 Å². The second-order valence-corrected chi connectivity index (χ2v) is 7.76. The first-order valence-electron chi connectivity index (χ1n) is 10.3. The molecule has 0 unspecified atom stereocenters. The summed E-state index contributed by atoms with van der Waals surface area (Å²) in [6, 6.07) is 8.00. The molecule has 152 valence electrons. The maximum absolute atomic E-state index is 12.4. The third kappa shape index (κ3) is 5.11. The number of fused-ring (bicyclic) bond motifs is 1. The highest BCUT2D eigenvalue weighted by Gasteiger charge is 2.17. The fourth-order valence-corrected chi connectivity index (χ4v) is 4.16. The Morgan fingerprint density at radius 2 is 2.04 bits per heavy atom. The predicted molar refractivity (Wildman–Crippen MR) is 114 cm³/mol. The first-order chi connectivity index (χ1) is 13.3. The van der Waals surface area contributed by atoms with Gasteiger partial charge in [-0.2, -0.15) is 0 Å². The highest BCUT2D eigenvalue weighted by Crippen LogP contribution is 2.25. The molecule has 1 aromatic heterocycles. The summed E-state index contributed by atoms with van der Waals surface area (Å²) in [5.41, 5.74) is 1.86. The summed E-state index contributed by atoms with van der Waals surface area (Å²) in [5.74, 6) is 2.78. The van der Waals surface area contributed by atoms with Crippen LogP contribution in [0.25, 0.3) is 11.4 Å². The quantitative estimate of drug-likeness (QED) is 0.796. The number of rotatable bonds is 5. The minimum absolute atomic E-state index is 0. The topological polar surface area (TPSA) is 71.8 Å². The highest BCUT2D eigenvalue weighted by molar-refractivity contribution is 5.91. The molecular weight excluding hydrogens is 374 g/mol.